The van der Waals surface area contributed by atoms with E-state index in [0.717, 1.165) is 4.90 Å². The maximum atomic E-state index is 12.7. The van der Waals surface area contributed by atoms with Crippen LogP contribution in [0, 0.1) is 0 Å². The van der Waals surface area contributed by atoms with Crippen molar-refractivity contribution in [3.8, 4) is 17.2 Å². The fourth-order valence-electron chi connectivity index (χ4n) is 2.95. The number of imide groups is 1. The second-order valence-electron chi connectivity index (χ2n) is 5.84. The normalized spacial score (nSPS) is 15.8. The SMILES string of the molecule is COc1ccc(C2=C(O)C(=O)N(Cc3ccc4c(c3)OCO4)C2=O)cc1. The quantitative estimate of drug-likeness (QED) is 0.849. The van der Waals surface area contributed by atoms with E-state index < -0.39 is 17.6 Å². The van der Waals surface area contributed by atoms with E-state index in [0.29, 0.717) is 28.4 Å². The van der Waals surface area contributed by atoms with Crippen LogP contribution < -0.4 is 14.2 Å². The molecule has 0 aliphatic carbocycles. The molecule has 0 spiro atoms. The number of fused-ring (bicyclic) bond motifs is 1. The zero-order chi connectivity index (χ0) is 18.3. The number of nitrogens with zero attached hydrogens (tertiary/aromatic N) is 1. The number of ether oxygens (including phenoxy) is 3. The summed E-state index contributed by atoms with van der Waals surface area (Å²) in [5.41, 5.74) is 1.13. The van der Waals surface area contributed by atoms with Gasteiger partial charge < -0.3 is 19.3 Å². The van der Waals surface area contributed by atoms with E-state index in [4.69, 9.17) is 14.2 Å². The molecule has 4 rings (SSSR count). The highest BCUT2D eigenvalue weighted by Crippen LogP contribution is 2.34. The number of benzene rings is 2. The number of carbonyl (C=O) groups excluding carboxylic acids is 2. The van der Waals surface area contributed by atoms with Gasteiger partial charge in [-0.25, -0.2) is 0 Å². The Hall–Kier alpha value is -3.48. The highest BCUT2D eigenvalue weighted by molar-refractivity contribution is 6.34. The molecule has 2 heterocycles. The molecule has 0 atom stereocenters. The summed E-state index contributed by atoms with van der Waals surface area (Å²) >= 11 is 0. The fourth-order valence-corrected chi connectivity index (χ4v) is 2.95. The number of hydrogen-bond acceptors (Lipinski definition) is 6. The van der Waals surface area contributed by atoms with Gasteiger partial charge in [-0.15, -0.1) is 0 Å². The van der Waals surface area contributed by atoms with Crippen molar-refractivity contribution >= 4 is 17.4 Å². The van der Waals surface area contributed by atoms with Crippen LogP contribution in [-0.2, 0) is 16.1 Å². The molecular weight excluding hydrogens is 338 g/mol. The fraction of sp³-hybridized carbons (Fsp3) is 0.158. The van der Waals surface area contributed by atoms with Crippen molar-refractivity contribution < 1.29 is 28.9 Å². The van der Waals surface area contributed by atoms with Gasteiger partial charge >= 0.3 is 0 Å². The van der Waals surface area contributed by atoms with Crippen molar-refractivity contribution in [2.75, 3.05) is 13.9 Å². The Morgan fingerprint density at radius 1 is 1.04 bits per heavy atom. The predicted molar refractivity (Wildman–Crippen MR) is 90.7 cm³/mol. The highest BCUT2D eigenvalue weighted by Gasteiger charge is 2.39. The molecule has 0 radical (unpaired) electrons. The minimum absolute atomic E-state index is 0.0154. The van der Waals surface area contributed by atoms with Gasteiger partial charge in [-0.3, -0.25) is 14.5 Å². The largest absolute Gasteiger partial charge is 0.502 e. The molecule has 1 N–H and O–H groups in total. The lowest BCUT2D eigenvalue weighted by atomic mass is 10.1. The van der Waals surface area contributed by atoms with Crippen molar-refractivity contribution in [1.29, 1.82) is 0 Å². The van der Waals surface area contributed by atoms with Crippen LogP contribution in [0.2, 0.25) is 0 Å². The Kier molecular flexibility index (Phi) is 3.76. The zero-order valence-electron chi connectivity index (χ0n) is 13.9. The summed E-state index contributed by atoms with van der Waals surface area (Å²) in [7, 11) is 1.53. The molecule has 2 aromatic rings. The minimum Gasteiger partial charge on any atom is -0.502 e. The molecule has 0 fully saturated rings. The topological polar surface area (TPSA) is 85.3 Å². The molecule has 0 bridgehead atoms. The smallest absolute Gasteiger partial charge is 0.296 e. The summed E-state index contributed by atoms with van der Waals surface area (Å²) in [6.07, 6.45) is 0. The first-order valence-corrected chi connectivity index (χ1v) is 7.91. The van der Waals surface area contributed by atoms with Crippen molar-refractivity contribution in [3.05, 3.63) is 59.4 Å². The third-order valence-corrected chi connectivity index (χ3v) is 4.30. The van der Waals surface area contributed by atoms with Gasteiger partial charge in [-0.05, 0) is 35.4 Å². The molecule has 0 saturated carbocycles. The Balaban J connectivity index is 1.60. The molecule has 0 unspecified atom stereocenters. The number of rotatable bonds is 4. The van der Waals surface area contributed by atoms with Crippen molar-refractivity contribution in [2.45, 2.75) is 6.54 Å². The molecule has 2 aliphatic heterocycles. The van der Waals surface area contributed by atoms with Gasteiger partial charge in [0.05, 0.1) is 19.2 Å². The number of hydrogen-bond donors (Lipinski definition) is 1. The number of carbonyl (C=O) groups is 2. The first-order chi connectivity index (χ1) is 12.6. The van der Waals surface area contributed by atoms with Crippen LogP contribution in [0.5, 0.6) is 17.2 Å². The van der Waals surface area contributed by atoms with Gasteiger partial charge in [0.25, 0.3) is 11.8 Å². The van der Waals surface area contributed by atoms with Crippen LogP contribution >= 0.6 is 0 Å². The first kappa shape index (κ1) is 16.0. The van der Waals surface area contributed by atoms with Crippen LogP contribution in [0.4, 0.5) is 0 Å². The van der Waals surface area contributed by atoms with Crippen LogP contribution in [0.25, 0.3) is 5.57 Å². The lowest BCUT2D eigenvalue weighted by Gasteiger charge is -2.15. The number of aliphatic hydroxyl groups is 1. The van der Waals surface area contributed by atoms with Crippen molar-refractivity contribution in [3.63, 3.8) is 0 Å². The van der Waals surface area contributed by atoms with Crippen LogP contribution in [0.15, 0.2) is 48.2 Å². The van der Waals surface area contributed by atoms with E-state index in [9.17, 15) is 14.7 Å². The van der Waals surface area contributed by atoms with E-state index in [1.807, 2.05) is 0 Å². The number of aliphatic hydroxyl groups excluding tert-OH is 1. The van der Waals surface area contributed by atoms with Gasteiger partial charge in [-0.1, -0.05) is 18.2 Å². The molecule has 0 saturated heterocycles. The summed E-state index contributed by atoms with van der Waals surface area (Å²) in [5, 5.41) is 10.2. The van der Waals surface area contributed by atoms with Crippen LogP contribution in [-0.4, -0.2) is 35.7 Å². The van der Waals surface area contributed by atoms with E-state index in [-0.39, 0.29) is 18.9 Å². The molecule has 26 heavy (non-hydrogen) atoms. The minimum atomic E-state index is -0.724. The summed E-state index contributed by atoms with van der Waals surface area (Å²) in [4.78, 5) is 26.1. The van der Waals surface area contributed by atoms with Crippen molar-refractivity contribution in [1.82, 2.24) is 4.90 Å². The average molecular weight is 353 g/mol. The number of methoxy groups -OCH3 is 1. The van der Waals surface area contributed by atoms with Gasteiger partial charge in [0.2, 0.25) is 6.79 Å². The van der Waals surface area contributed by atoms with Gasteiger partial charge in [-0.2, -0.15) is 0 Å². The van der Waals surface area contributed by atoms with E-state index >= 15 is 0 Å². The molecule has 0 aromatic heterocycles. The van der Waals surface area contributed by atoms with Crippen LogP contribution in [0.3, 0.4) is 0 Å². The molecule has 132 valence electrons. The third-order valence-electron chi connectivity index (χ3n) is 4.30. The second kappa shape index (κ2) is 6.11. The molecule has 7 heteroatoms. The lowest BCUT2D eigenvalue weighted by molar-refractivity contribution is -0.138. The first-order valence-electron chi connectivity index (χ1n) is 7.91. The zero-order valence-corrected chi connectivity index (χ0v) is 13.9. The van der Waals surface area contributed by atoms with Gasteiger partial charge in [0, 0.05) is 0 Å². The second-order valence-corrected chi connectivity index (χ2v) is 5.84. The molecule has 2 amide bonds. The Morgan fingerprint density at radius 3 is 2.50 bits per heavy atom. The van der Waals surface area contributed by atoms with Gasteiger partial charge in [0.15, 0.2) is 17.3 Å². The van der Waals surface area contributed by atoms with E-state index in [1.54, 1.807) is 42.5 Å². The Bertz CT molecular complexity index is 932. The highest BCUT2D eigenvalue weighted by atomic mass is 16.7. The monoisotopic (exact) mass is 353 g/mol. The molecular formula is C19H15NO6. The summed E-state index contributed by atoms with van der Waals surface area (Å²) in [6.45, 7) is 0.169. The van der Waals surface area contributed by atoms with E-state index in [2.05, 4.69) is 0 Å². The summed E-state index contributed by atoms with van der Waals surface area (Å²) < 4.78 is 15.6. The maximum Gasteiger partial charge on any atom is 0.296 e. The average Bonchev–Trinajstić information content (AvgIpc) is 3.20. The Morgan fingerprint density at radius 2 is 1.77 bits per heavy atom. The maximum absolute atomic E-state index is 12.7. The Labute approximate surface area is 149 Å². The number of amides is 2. The van der Waals surface area contributed by atoms with E-state index in [1.165, 1.54) is 7.11 Å². The van der Waals surface area contributed by atoms with Crippen LogP contribution in [0.1, 0.15) is 11.1 Å². The predicted octanol–water partition coefficient (Wildman–Crippen LogP) is 2.26. The molecule has 2 aromatic carbocycles. The summed E-state index contributed by atoms with van der Waals surface area (Å²) in [6, 6.07) is 11.8. The third kappa shape index (κ3) is 2.54. The molecule has 2 aliphatic rings. The lowest BCUT2D eigenvalue weighted by Crippen LogP contribution is -2.31. The summed E-state index contributed by atoms with van der Waals surface area (Å²) in [5.74, 6) is -0.0283. The standard InChI is InChI=1S/C19H15NO6/c1-24-13-5-3-12(4-6-13)16-17(21)19(23)20(18(16)22)9-11-2-7-14-15(8-11)26-10-25-14/h2-8,21H,9-10H2,1H3. The van der Waals surface area contributed by atoms with Crippen molar-refractivity contribution in [2.24, 2.45) is 0 Å². The van der Waals surface area contributed by atoms with Gasteiger partial charge in [0.1, 0.15) is 5.75 Å². The molecule has 7 nitrogen and oxygen atoms in total.